The number of rotatable bonds is 8. The number of benzene rings is 2. The fourth-order valence-corrected chi connectivity index (χ4v) is 3.15. The molecule has 1 aromatic heterocycles. The van der Waals surface area contributed by atoms with Crippen LogP contribution in [0.4, 0.5) is 4.39 Å². The Morgan fingerprint density at radius 2 is 1.67 bits per heavy atom. The van der Waals surface area contributed by atoms with Crippen molar-refractivity contribution in [3.05, 3.63) is 71.7 Å². The molecule has 33 heavy (non-hydrogen) atoms. The molecule has 0 bridgehead atoms. The van der Waals surface area contributed by atoms with E-state index in [1.165, 1.54) is 35.1 Å². The van der Waals surface area contributed by atoms with Crippen LogP contribution >= 0.6 is 0 Å². The molecule has 0 saturated carbocycles. The highest BCUT2D eigenvalue weighted by Crippen LogP contribution is 2.25. The highest BCUT2D eigenvalue weighted by molar-refractivity contribution is 6.07. The maximum Gasteiger partial charge on any atom is 0.340 e. The van der Waals surface area contributed by atoms with E-state index >= 15 is 0 Å². The molecule has 0 spiro atoms. The molecule has 9 heteroatoms. The van der Waals surface area contributed by atoms with Gasteiger partial charge in [0, 0.05) is 11.8 Å². The van der Waals surface area contributed by atoms with Crippen molar-refractivity contribution in [2.45, 2.75) is 26.8 Å². The monoisotopic (exact) mass is 453 g/mol. The first-order valence-corrected chi connectivity index (χ1v) is 10.4. The van der Waals surface area contributed by atoms with Crippen molar-refractivity contribution >= 4 is 17.8 Å². The maximum atomic E-state index is 13.4. The third-order valence-corrected chi connectivity index (χ3v) is 4.66. The van der Waals surface area contributed by atoms with Gasteiger partial charge in [-0.15, -0.1) is 0 Å². The Morgan fingerprint density at radius 3 is 2.24 bits per heavy atom. The number of aryl methyl sites for hydroxylation is 1. The van der Waals surface area contributed by atoms with E-state index < -0.39 is 29.7 Å². The largest absolute Gasteiger partial charge is 0.464 e. The van der Waals surface area contributed by atoms with Crippen LogP contribution in [-0.2, 0) is 19.1 Å². The Hall–Kier alpha value is -4.01. The molecule has 0 aliphatic heterocycles. The molecule has 1 N–H and O–H groups in total. The van der Waals surface area contributed by atoms with Gasteiger partial charge in [-0.3, -0.25) is 4.79 Å². The minimum atomic E-state index is -1.63. The van der Waals surface area contributed by atoms with Gasteiger partial charge in [0.2, 0.25) is 6.04 Å². The number of halogens is 1. The number of amides is 1. The summed E-state index contributed by atoms with van der Waals surface area (Å²) in [5.74, 6) is -2.97. The Morgan fingerprint density at radius 1 is 1.03 bits per heavy atom. The summed E-state index contributed by atoms with van der Waals surface area (Å²) in [6, 6.07) is 11.3. The molecule has 1 amide bonds. The number of nitrogens with one attached hydrogen (secondary N) is 1. The van der Waals surface area contributed by atoms with Gasteiger partial charge in [0.1, 0.15) is 11.5 Å². The van der Waals surface area contributed by atoms with E-state index in [0.29, 0.717) is 16.9 Å². The number of hydrogen-bond acceptors (Lipinski definition) is 6. The van der Waals surface area contributed by atoms with E-state index in [1.54, 1.807) is 19.9 Å². The first-order valence-electron chi connectivity index (χ1n) is 10.4. The van der Waals surface area contributed by atoms with Crippen LogP contribution in [0.15, 0.2) is 54.7 Å². The molecular weight excluding hydrogens is 429 g/mol. The molecule has 8 nitrogen and oxygen atoms in total. The lowest BCUT2D eigenvalue weighted by atomic mass is 10.1. The van der Waals surface area contributed by atoms with Crippen molar-refractivity contribution in [3.8, 4) is 16.9 Å². The van der Waals surface area contributed by atoms with Gasteiger partial charge in [-0.05, 0) is 51.1 Å². The van der Waals surface area contributed by atoms with Crippen molar-refractivity contribution < 1.29 is 28.2 Å². The molecule has 1 heterocycles. The predicted octanol–water partition coefficient (Wildman–Crippen LogP) is 3.21. The van der Waals surface area contributed by atoms with Gasteiger partial charge in [0.05, 0.1) is 24.5 Å². The molecule has 0 saturated heterocycles. The molecule has 0 aliphatic carbocycles. The van der Waals surface area contributed by atoms with Gasteiger partial charge in [-0.1, -0.05) is 23.8 Å². The Labute approximate surface area is 190 Å². The normalized spacial score (nSPS) is 10.7. The number of ether oxygens (including phenoxy) is 2. The van der Waals surface area contributed by atoms with Crippen LogP contribution in [0.5, 0.6) is 0 Å². The molecule has 0 fully saturated rings. The molecule has 3 rings (SSSR count). The molecule has 0 atom stereocenters. The summed E-state index contributed by atoms with van der Waals surface area (Å²) in [5.41, 5.74) is 2.57. The molecule has 2 aromatic carbocycles. The van der Waals surface area contributed by atoms with Crippen LogP contribution in [0.2, 0.25) is 0 Å². The van der Waals surface area contributed by atoms with E-state index in [4.69, 9.17) is 9.47 Å². The Kier molecular flexibility index (Phi) is 7.55. The van der Waals surface area contributed by atoms with E-state index in [2.05, 4.69) is 10.4 Å². The Balaban J connectivity index is 2.03. The van der Waals surface area contributed by atoms with Crippen molar-refractivity contribution in [3.63, 3.8) is 0 Å². The highest BCUT2D eigenvalue weighted by Gasteiger charge is 2.33. The van der Waals surface area contributed by atoms with Crippen molar-refractivity contribution in [1.82, 2.24) is 15.1 Å². The zero-order valence-corrected chi connectivity index (χ0v) is 18.5. The molecule has 0 radical (unpaired) electrons. The van der Waals surface area contributed by atoms with Crippen LogP contribution in [0.3, 0.4) is 0 Å². The Bertz CT molecular complexity index is 1140. The molecule has 0 aliphatic rings. The standard InChI is InChI=1S/C24H24FN3O5/c1-4-32-23(30)21(24(31)33-5-2)26-22(29)19-14-28(18-11-9-17(25)10-12-18)27-20(19)16-8-6-7-15(3)13-16/h6-14,21H,4-5H2,1-3H3,(H,26,29). The lowest BCUT2D eigenvalue weighted by molar-refractivity contribution is -0.157. The van der Waals surface area contributed by atoms with Crippen molar-refractivity contribution in [1.29, 1.82) is 0 Å². The second-order valence-corrected chi connectivity index (χ2v) is 7.09. The van der Waals surface area contributed by atoms with Crippen LogP contribution in [0.1, 0.15) is 29.8 Å². The van der Waals surface area contributed by atoms with Gasteiger partial charge in [0.15, 0.2) is 0 Å². The van der Waals surface area contributed by atoms with Crippen LogP contribution < -0.4 is 5.32 Å². The van der Waals surface area contributed by atoms with Crippen LogP contribution in [-0.4, -0.2) is 46.9 Å². The number of aromatic nitrogens is 2. The topological polar surface area (TPSA) is 99.5 Å². The molecule has 0 unspecified atom stereocenters. The van der Waals surface area contributed by atoms with E-state index in [1.807, 2.05) is 25.1 Å². The average molecular weight is 453 g/mol. The minimum Gasteiger partial charge on any atom is -0.464 e. The van der Waals surface area contributed by atoms with Gasteiger partial charge in [-0.25, -0.2) is 18.7 Å². The van der Waals surface area contributed by atoms with E-state index in [0.717, 1.165) is 5.56 Å². The summed E-state index contributed by atoms with van der Waals surface area (Å²) in [6.07, 6.45) is 1.45. The third kappa shape index (κ3) is 5.62. The predicted molar refractivity (Wildman–Crippen MR) is 118 cm³/mol. The van der Waals surface area contributed by atoms with E-state index in [9.17, 15) is 18.8 Å². The summed E-state index contributed by atoms with van der Waals surface area (Å²) in [4.78, 5) is 37.8. The fourth-order valence-electron chi connectivity index (χ4n) is 3.15. The smallest absolute Gasteiger partial charge is 0.340 e. The molecule has 3 aromatic rings. The van der Waals surface area contributed by atoms with Crippen LogP contribution in [0, 0.1) is 12.7 Å². The zero-order chi connectivity index (χ0) is 24.0. The fraction of sp³-hybridized carbons (Fsp3) is 0.250. The summed E-state index contributed by atoms with van der Waals surface area (Å²) in [7, 11) is 0. The quantitative estimate of drug-likeness (QED) is 0.415. The van der Waals surface area contributed by atoms with Gasteiger partial charge >= 0.3 is 11.9 Å². The minimum absolute atomic E-state index is 0.0294. The first-order chi connectivity index (χ1) is 15.8. The van der Waals surface area contributed by atoms with Crippen LogP contribution in [0.25, 0.3) is 16.9 Å². The van der Waals surface area contributed by atoms with Crippen molar-refractivity contribution in [2.24, 2.45) is 0 Å². The number of carbonyl (C=O) groups excluding carboxylic acids is 3. The number of carbonyl (C=O) groups is 3. The number of nitrogens with zero attached hydrogens (tertiary/aromatic N) is 2. The summed E-state index contributed by atoms with van der Waals surface area (Å²) < 4.78 is 24.6. The summed E-state index contributed by atoms with van der Waals surface area (Å²) in [6.45, 7) is 5.13. The first kappa shape index (κ1) is 23.6. The lowest BCUT2D eigenvalue weighted by Crippen LogP contribution is -2.48. The third-order valence-electron chi connectivity index (χ3n) is 4.66. The maximum absolute atomic E-state index is 13.4. The lowest BCUT2D eigenvalue weighted by Gasteiger charge is -2.15. The second kappa shape index (κ2) is 10.5. The van der Waals surface area contributed by atoms with Gasteiger partial charge < -0.3 is 14.8 Å². The SMILES string of the molecule is CCOC(=O)C(NC(=O)c1cn(-c2ccc(F)cc2)nc1-c1cccc(C)c1)C(=O)OCC. The molecular formula is C24H24FN3O5. The van der Waals surface area contributed by atoms with Gasteiger partial charge in [0.25, 0.3) is 5.91 Å². The number of hydrogen-bond donors (Lipinski definition) is 1. The molecule has 172 valence electrons. The average Bonchev–Trinajstić information content (AvgIpc) is 3.24. The van der Waals surface area contributed by atoms with Crippen molar-refractivity contribution in [2.75, 3.05) is 13.2 Å². The number of esters is 2. The zero-order valence-electron chi connectivity index (χ0n) is 18.5. The highest BCUT2D eigenvalue weighted by atomic mass is 19.1. The summed E-state index contributed by atoms with van der Waals surface area (Å²) >= 11 is 0. The van der Waals surface area contributed by atoms with E-state index in [-0.39, 0.29) is 18.8 Å². The van der Waals surface area contributed by atoms with Gasteiger partial charge in [-0.2, -0.15) is 5.10 Å². The summed E-state index contributed by atoms with van der Waals surface area (Å²) in [5, 5.41) is 6.91. The second-order valence-electron chi connectivity index (χ2n) is 7.09.